The standard InChI is InChI=1S/C24H21F3N4O5/c25-24(26,27)18-4-2-1-3-17(18)23(35)31-11-9-30(10-12-31)21(33)14-28-22(34)19-13-20(36-29-19)15-5-7-16(32)8-6-15/h1-8,13,32H,9-12,14H2,(H,28,34). The van der Waals surface area contributed by atoms with Gasteiger partial charge in [-0.3, -0.25) is 14.4 Å². The average Bonchev–Trinajstić information content (AvgIpc) is 3.37. The van der Waals surface area contributed by atoms with Crippen molar-refractivity contribution in [3.05, 3.63) is 71.4 Å². The molecule has 0 aliphatic carbocycles. The van der Waals surface area contributed by atoms with E-state index in [4.69, 9.17) is 4.52 Å². The molecule has 1 saturated heterocycles. The van der Waals surface area contributed by atoms with E-state index in [1.807, 2.05) is 0 Å². The van der Waals surface area contributed by atoms with Gasteiger partial charge in [-0.15, -0.1) is 0 Å². The van der Waals surface area contributed by atoms with Crippen molar-refractivity contribution >= 4 is 17.7 Å². The minimum Gasteiger partial charge on any atom is -0.508 e. The first-order valence-electron chi connectivity index (χ1n) is 10.9. The van der Waals surface area contributed by atoms with E-state index >= 15 is 0 Å². The summed E-state index contributed by atoms with van der Waals surface area (Å²) in [4.78, 5) is 40.2. The Bertz CT molecular complexity index is 1270. The SMILES string of the molecule is O=C(NCC(=O)N1CCN(C(=O)c2ccccc2C(F)(F)F)CC1)c1cc(-c2ccc(O)cc2)on1. The van der Waals surface area contributed by atoms with Crippen LogP contribution in [0.15, 0.2) is 59.1 Å². The fraction of sp³-hybridized carbons (Fsp3) is 0.250. The van der Waals surface area contributed by atoms with E-state index in [1.165, 1.54) is 40.1 Å². The Hall–Kier alpha value is -4.35. The Morgan fingerprint density at radius 3 is 2.28 bits per heavy atom. The van der Waals surface area contributed by atoms with Gasteiger partial charge in [0.15, 0.2) is 11.5 Å². The highest BCUT2D eigenvalue weighted by atomic mass is 19.4. The molecule has 1 aliphatic rings. The van der Waals surface area contributed by atoms with Crippen LogP contribution in [-0.4, -0.2) is 70.5 Å². The second kappa shape index (κ2) is 10.1. The summed E-state index contributed by atoms with van der Waals surface area (Å²) in [6, 6.07) is 12.1. The number of amides is 3. The molecule has 1 fully saturated rings. The lowest BCUT2D eigenvalue weighted by molar-refractivity contribution is -0.138. The number of piperazine rings is 1. The topological polar surface area (TPSA) is 116 Å². The van der Waals surface area contributed by atoms with E-state index < -0.39 is 35.0 Å². The van der Waals surface area contributed by atoms with Crippen LogP contribution in [0.2, 0.25) is 0 Å². The summed E-state index contributed by atoms with van der Waals surface area (Å²) in [5.41, 5.74) is -0.876. The number of aromatic hydroxyl groups is 1. The van der Waals surface area contributed by atoms with Crippen LogP contribution in [0.5, 0.6) is 5.75 Å². The van der Waals surface area contributed by atoms with Crippen molar-refractivity contribution in [1.82, 2.24) is 20.3 Å². The number of aromatic nitrogens is 1. The monoisotopic (exact) mass is 502 g/mol. The number of nitrogens with zero attached hydrogens (tertiary/aromatic N) is 3. The molecule has 0 radical (unpaired) electrons. The highest BCUT2D eigenvalue weighted by Gasteiger charge is 2.36. The van der Waals surface area contributed by atoms with Crippen molar-refractivity contribution in [3.8, 4) is 17.1 Å². The van der Waals surface area contributed by atoms with E-state index in [9.17, 15) is 32.7 Å². The number of carbonyl (C=O) groups is 3. The largest absolute Gasteiger partial charge is 0.508 e. The molecular weight excluding hydrogens is 481 g/mol. The zero-order valence-electron chi connectivity index (χ0n) is 18.8. The lowest BCUT2D eigenvalue weighted by Gasteiger charge is -2.35. The number of phenols is 1. The summed E-state index contributed by atoms with van der Waals surface area (Å²) >= 11 is 0. The highest BCUT2D eigenvalue weighted by Crippen LogP contribution is 2.32. The molecule has 0 saturated carbocycles. The molecule has 1 aromatic heterocycles. The van der Waals surface area contributed by atoms with Crippen molar-refractivity contribution in [2.75, 3.05) is 32.7 Å². The van der Waals surface area contributed by atoms with Gasteiger partial charge in [-0.25, -0.2) is 0 Å². The van der Waals surface area contributed by atoms with Crippen LogP contribution in [0.1, 0.15) is 26.4 Å². The van der Waals surface area contributed by atoms with E-state index in [-0.39, 0.29) is 44.2 Å². The van der Waals surface area contributed by atoms with Gasteiger partial charge in [0.1, 0.15) is 5.75 Å². The molecular formula is C24H21F3N4O5. The lowest BCUT2D eigenvalue weighted by Crippen LogP contribution is -2.52. The molecule has 3 aromatic rings. The first-order valence-corrected chi connectivity index (χ1v) is 10.9. The molecule has 0 unspecified atom stereocenters. The van der Waals surface area contributed by atoms with Crippen LogP contribution in [0.4, 0.5) is 13.2 Å². The normalized spacial score (nSPS) is 14.0. The molecule has 0 atom stereocenters. The Morgan fingerprint density at radius 2 is 1.61 bits per heavy atom. The first kappa shape index (κ1) is 24.8. The van der Waals surface area contributed by atoms with E-state index in [0.717, 1.165) is 12.1 Å². The molecule has 1 aliphatic heterocycles. The van der Waals surface area contributed by atoms with Gasteiger partial charge in [-0.1, -0.05) is 17.3 Å². The Kier molecular flexibility index (Phi) is 6.95. The van der Waals surface area contributed by atoms with Crippen LogP contribution < -0.4 is 5.32 Å². The van der Waals surface area contributed by atoms with Gasteiger partial charge >= 0.3 is 6.18 Å². The molecule has 2 heterocycles. The Balaban J connectivity index is 1.29. The minimum absolute atomic E-state index is 0.0374. The number of hydrogen-bond donors (Lipinski definition) is 2. The molecule has 188 valence electrons. The summed E-state index contributed by atoms with van der Waals surface area (Å²) in [6.07, 6.45) is -4.66. The summed E-state index contributed by atoms with van der Waals surface area (Å²) in [7, 11) is 0. The van der Waals surface area contributed by atoms with Crippen molar-refractivity contribution < 1.29 is 37.2 Å². The third-order valence-corrected chi connectivity index (χ3v) is 5.68. The van der Waals surface area contributed by atoms with E-state index in [2.05, 4.69) is 10.5 Å². The zero-order valence-corrected chi connectivity index (χ0v) is 18.8. The predicted molar refractivity (Wildman–Crippen MR) is 120 cm³/mol. The van der Waals surface area contributed by atoms with Crippen LogP contribution in [0, 0.1) is 0 Å². The van der Waals surface area contributed by atoms with Gasteiger partial charge in [-0.2, -0.15) is 13.2 Å². The van der Waals surface area contributed by atoms with Crippen molar-refractivity contribution in [2.45, 2.75) is 6.18 Å². The predicted octanol–water partition coefficient (Wildman–Crippen LogP) is 2.78. The van der Waals surface area contributed by atoms with Crippen LogP contribution in [0.3, 0.4) is 0 Å². The van der Waals surface area contributed by atoms with Gasteiger partial charge in [0.25, 0.3) is 11.8 Å². The van der Waals surface area contributed by atoms with Gasteiger partial charge in [-0.05, 0) is 36.4 Å². The molecule has 3 amide bonds. The summed E-state index contributed by atoms with van der Waals surface area (Å²) in [5, 5.41) is 15.5. The third-order valence-electron chi connectivity index (χ3n) is 5.68. The number of alkyl halides is 3. The molecule has 0 spiro atoms. The van der Waals surface area contributed by atoms with E-state index in [1.54, 1.807) is 12.1 Å². The van der Waals surface area contributed by atoms with Gasteiger partial charge in [0.05, 0.1) is 17.7 Å². The molecule has 36 heavy (non-hydrogen) atoms. The molecule has 2 N–H and O–H groups in total. The molecule has 9 nitrogen and oxygen atoms in total. The molecule has 12 heteroatoms. The lowest BCUT2D eigenvalue weighted by atomic mass is 10.1. The second-order valence-electron chi connectivity index (χ2n) is 8.02. The van der Waals surface area contributed by atoms with Crippen molar-refractivity contribution in [1.29, 1.82) is 0 Å². The molecule has 0 bridgehead atoms. The van der Waals surface area contributed by atoms with Crippen LogP contribution in [-0.2, 0) is 11.0 Å². The summed E-state index contributed by atoms with van der Waals surface area (Å²) in [6.45, 7) is 0.0201. The van der Waals surface area contributed by atoms with Gasteiger partial charge in [0.2, 0.25) is 5.91 Å². The maximum absolute atomic E-state index is 13.2. The number of rotatable bonds is 5. The smallest absolute Gasteiger partial charge is 0.417 e. The maximum atomic E-state index is 13.2. The van der Waals surface area contributed by atoms with E-state index in [0.29, 0.717) is 11.3 Å². The van der Waals surface area contributed by atoms with Crippen LogP contribution >= 0.6 is 0 Å². The number of carbonyl (C=O) groups excluding carboxylic acids is 3. The first-order chi connectivity index (χ1) is 17.1. The number of halogens is 3. The summed E-state index contributed by atoms with van der Waals surface area (Å²) in [5.74, 6) is -1.41. The number of nitrogens with one attached hydrogen (secondary N) is 1. The van der Waals surface area contributed by atoms with Crippen LogP contribution in [0.25, 0.3) is 11.3 Å². The average molecular weight is 502 g/mol. The van der Waals surface area contributed by atoms with Crippen molar-refractivity contribution in [3.63, 3.8) is 0 Å². The molecule has 4 rings (SSSR count). The fourth-order valence-electron chi connectivity index (χ4n) is 3.75. The zero-order chi connectivity index (χ0) is 25.9. The fourth-order valence-corrected chi connectivity index (χ4v) is 3.75. The maximum Gasteiger partial charge on any atom is 0.417 e. The Labute approximate surface area is 203 Å². The Morgan fingerprint density at radius 1 is 0.972 bits per heavy atom. The highest BCUT2D eigenvalue weighted by molar-refractivity contribution is 5.97. The number of benzene rings is 2. The van der Waals surface area contributed by atoms with Crippen molar-refractivity contribution in [2.24, 2.45) is 0 Å². The third kappa shape index (κ3) is 5.48. The van der Waals surface area contributed by atoms with Gasteiger partial charge in [0, 0.05) is 37.8 Å². The second-order valence-corrected chi connectivity index (χ2v) is 8.02. The number of phenolic OH excluding ortho intramolecular Hbond substituents is 1. The molecule has 2 aromatic carbocycles. The van der Waals surface area contributed by atoms with Gasteiger partial charge < -0.3 is 24.7 Å². The summed E-state index contributed by atoms with van der Waals surface area (Å²) < 4.78 is 44.9. The quantitative estimate of drug-likeness (QED) is 0.555. The number of hydrogen-bond acceptors (Lipinski definition) is 6. The minimum atomic E-state index is -4.66.